The summed E-state index contributed by atoms with van der Waals surface area (Å²) < 4.78 is 35.0. The van der Waals surface area contributed by atoms with E-state index >= 15 is 0 Å². The molecule has 54 heavy (non-hydrogen) atoms. The van der Waals surface area contributed by atoms with Gasteiger partial charge in [0.1, 0.15) is 19.3 Å². The molecular formula is C45H87NO7P+. The van der Waals surface area contributed by atoms with Gasteiger partial charge in [-0.25, -0.2) is 4.57 Å². The minimum atomic E-state index is -4.28. The Bertz CT molecular complexity index is 962. The van der Waals surface area contributed by atoms with Crippen LogP contribution in [0.4, 0.5) is 0 Å². The van der Waals surface area contributed by atoms with E-state index in [4.69, 9.17) is 18.5 Å². The first-order valence-corrected chi connectivity index (χ1v) is 23.7. The van der Waals surface area contributed by atoms with Crippen LogP contribution < -0.4 is 0 Å². The number of likely N-dealkylation sites (N-methyl/N-ethyl adjacent to an activating group) is 1. The van der Waals surface area contributed by atoms with Crippen LogP contribution in [0.1, 0.15) is 187 Å². The minimum Gasteiger partial charge on any atom is -0.457 e. The van der Waals surface area contributed by atoms with Crippen molar-refractivity contribution in [2.45, 2.75) is 193 Å². The van der Waals surface area contributed by atoms with E-state index in [1.807, 2.05) is 21.1 Å². The molecule has 0 heterocycles. The van der Waals surface area contributed by atoms with E-state index in [2.05, 4.69) is 50.3 Å². The molecule has 2 atom stereocenters. The van der Waals surface area contributed by atoms with E-state index in [9.17, 15) is 14.3 Å². The molecular weight excluding hydrogens is 697 g/mol. The van der Waals surface area contributed by atoms with E-state index < -0.39 is 13.9 Å². The molecule has 318 valence electrons. The van der Waals surface area contributed by atoms with Crippen LogP contribution in [0, 0.1) is 0 Å². The van der Waals surface area contributed by atoms with E-state index in [1.165, 1.54) is 109 Å². The molecule has 2 unspecified atom stereocenters. The normalized spacial score (nSPS) is 14.1. The van der Waals surface area contributed by atoms with Gasteiger partial charge in [-0.05, 0) is 44.9 Å². The summed E-state index contributed by atoms with van der Waals surface area (Å²) in [6.45, 7) is 5.50. The maximum atomic E-state index is 12.7. The van der Waals surface area contributed by atoms with Gasteiger partial charge in [0.15, 0.2) is 0 Å². The van der Waals surface area contributed by atoms with Crippen LogP contribution in [0.25, 0.3) is 0 Å². The van der Waals surface area contributed by atoms with Crippen molar-refractivity contribution in [2.75, 3.05) is 54.1 Å². The first-order valence-electron chi connectivity index (χ1n) is 22.2. The molecule has 0 amide bonds. The van der Waals surface area contributed by atoms with Gasteiger partial charge >= 0.3 is 13.8 Å². The predicted molar refractivity (Wildman–Crippen MR) is 229 cm³/mol. The molecule has 0 saturated heterocycles. The third-order valence-corrected chi connectivity index (χ3v) is 10.5. The lowest BCUT2D eigenvalue weighted by atomic mass is 10.0. The number of unbranched alkanes of at least 4 members (excludes halogenated alkanes) is 21. The number of hydrogen-bond acceptors (Lipinski definition) is 6. The Morgan fingerprint density at radius 3 is 1.61 bits per heavy atom. The summed E-state index contributed by atoms with van der Waals surface area (Å²) in [5.41, 5.74) is 0. The zero-order valence-electron chi connectivity index (χ0n) is 36.0. The second-order valence-electron chi connectivity index (χ2n) is 16.1. The van der Waals surface area contributed by atoms with E-state index in [0.29, 0.717) is 24.1 Å². The van der Waals surface area contributed by atoms with Gasteiger partial charge in [0.2, 0.25) is 0 Å². The second kappa shape index (κ2) is 38.6. The molecule has 0 aliphatic carbocycles. The molecule has 0 aromatic heterocycles. The summed E-state index contributed by atoms with van der Waals surface area (Å²) in [6.07, 6.45) is 44.6. The van der Waals surface area contributed by atoms with Gasteiger partial charge in [-0.2, -0.15) is 0 Å². The van der Waals surface area contributed by atoms with Crippen molar-refractivity contribution in [1.82, 2.24) is 0 Å². The topological polar surface area (TPSA) is 91.3 Å². The average Bonchev–Trinajstić information content (AvgIpc) is 3.12. The van der Waals surface area contributed by atoms with Crippen molar-refractivity contribution in [3.63, 3.8) is 0 Å². The van der Waals surface area contributed by atoms with Gasteiger partial charge in [-0.15, -0.1) is 0 Å². The number of quaternary nitrogens is 1. The van der Waals surface area contributed by atoms with Crippen LogP contribution in [-0.4, -0.2) is 75.6 Å². The van der Waals surface area contributed by atoms with Crippen molar-refractivity contribution in [1.29, 1.82) is 0 Å². The van der Waals surface area contributed by atoms with E-state index in [1.54, 1.807) is 0 Å². The molecule has 0 saturated carbocycles. The Kier molecular flexibility index (Phi) is 37.7. The zero-order valence-corrected chi connectivity index (χ0v) is 36.9. The maximum Gasteiger partial charge on any atom is 0.472 e. The molecule has 0 bridgehead atoms. The summed E-state index contributed by atoms with van der Waals surface area (Å²) in [5, 5.41) is 0. The van der Waals surface area contributed by atoms with E-state index in [0.717, 1.165) is 57.8 Å². The van der Waals surface area contributed by atoms with Crippen molar-refractivity contribution in [3.8, 4) is 0 Å². The zero-order chi connectivity index (χ0) is 39.9. The third kappa shape index (κ3) is 41.9. The molecule has 0 aromatic carbocycles. The van der Waals surface area contributed by atoms with Crippen LogP contribution in [0.5, 0.6) is 0 Å². The van der Waals surface area contributed by atoms with Crippen LogP contribution in [-0.2, 0) is 27.9 Å². The summed E-state index contributed by atoms with van der Waals surface area (Å²) in [4.78, 5) is 22.9. The fourth-order valence-electron chi connectivity index (χ4n) is 6.04. The quantitative estimate of drug-likeness (QED) is 0.0217. The monoisotopic (exact) mass is 785 g/mol. The molecule has 0 rings (SSSR count). The SMILES string of the molecule is CC/C=C\C/C=C\C/C=C\CCCCCCCCOCC(COP(=O)(O)OCC[N+](C)(C)C)OC(=O)CCCCCCCCCCCCCCCCCC. The fourth-order valence-corrected chi connectivity index (χ4v) is 6.78. The van der Waals surface area contributed by atoms with Crippen LogP contribution in [0.15, 0.2) is 36.5 Å². The Morgan fingerprint density at radius 1 is 0.593 bits per heavy atom. The molecule has 1 N–H and O–H groups in total. The summed E-state index contributed by atoms with van der Waals surface area (Å²) in [6, 6.07) is 0. The number of rotatable bonds is 41. The lowest BCUT2D eigenvalue weighted by Crippen LogP contribution is -2.37. The highest BCUT2D eigenvalue weighted by molar-refractivity contribution is 7.47. The number of hydrogen-bond donors (Lipinski definition) is 1. The fraction of sp³-hybridized carbons (Fsp3) is 0.844. The van der Waals surface area contributed by atoms with Crippen molar-refractivity contribution < 1.29 is 37.3 Å². The van der Waals surface area contributed by atoms with Gasteiger partial charge in [-0.1, -0.05) is 172 Å². The van der Waals surface area contributed by atoms with Gasteiger partial charge in [0, 0.05) is 13.0 Å². The Hall–Kier alpha value is -1.28. The minimum absolute atomic E-state index is 0.0865. The lowest BCUT2D eigenvalue weighted by Gasteiger charge is -2.24. The third-order valence-electron chi connectivity index (χ3n) is 9.47. The Morgan fingerprint density at radius 2 is 1.07 bits per heavy atom. The molecule has 0 radical (unpaired) electrons. The second-order valence-corrected chi connectivity index (χ2v) is 17.5. The van der Waals surface area contributed by atoms with Gasteiger partial charge in [0.25, 0.3) is 0 Å². The molecule has 0 aliphatic rings. The number of allylic oxidation sites excluding steroid dienone is 6. The number of ether oxygens (including phenoxy) is 2. The van der Waals surface area contributed by atoms with Crippen molar-refractivity contribution >= 4 is 13.8 Å². The standard InChI is InChI=1S/C45H86NO7P/c1-6-8-10-12-14-16-18-20-22-24-26-28-30-32-34-36-38-45(47)53-44(43-52-54(48,49)51-41-39-46(3,4)5)42-50-40-37-35-33-31-29-27-25-23-21-19-17-15-13-11-9-7-2/h9,11,15,17,21,23,44H,6-8,10,12-14,16,18-20,22,24-43H2,1-5H3/p+1/b11-9-,17-15-,23-21-. The molecule has 0 spiro atoms. The highest BCUT2D eigenvalue weighted by Gasteiger charge is 2.26. The average molecular weight is 785 g/mol. The molecule has 8 nitrogen and oxygen atoms in total. The molecule has 0 aromatic rings. The summed E-state index contributed by atoms with van der Waals surface area (Å²) >= 11 is 0. The molecule has 0 aliphatic heterocycles. The van der Waals surface area contributed by atoms with E-state index in [-0.39, 0.29) is 25.8 Å². The summed E-state index contributed by atoms with van der Waals surface area (Å²) in [7, 11) is 1.66. The molecule has 9 heteroatoms. The van der Waals surface area contributed by atoms with Crippen LogP contribution in [0.2, 0.25) is 0 Å². The van der Waals surface area contributed by atoms with Gasteiger partial charge in [-0.3, -0.25) is 13.8 Å². The summed E-state index contributed by atoms with van der Waals surface area (Å²) in [5.74, 6) is -0.317. The number of phosphoric acid groups is 1. The number of phosphoric ester groups is 1. The number of nitrogens with zero attached hydrogens (tertiary/aromatic N) is 1. The van der Waals surface area contributed by atoms with Crippen molar-refractivity contribution in [2.24, 2.45) is 0 Å². The van der Waals surface area contributed by atoms with Crippen molar-refractivity contribution in [3.05, 3.63) is 36.5 Å². The highest BCUT2D eigenvalue weighted by Crippen LogP contribution is 2.43. The first kappa shape index (κ1) is 52.7. The van der Waals surface area contributed by atoms with Gasteiger partial charge in [0.05, 0.1) is 34.4 Å². The predicted octanol–water partition coefficient (Wildman–Crippen LogP) is 13.0. The smallest absolute Gasteiger partial charge is 0.457 e. The Balaban J connectivity index is 4.23. The number of carbonyl (C=O) groups excluding carboxylic acids is 1. The molecule has 0 fully saturated rings. The first-order chi connectivity index (χ1) is 26.1. The van der Waals surface area contributed by atoms with Gasteiger partial charge < -0.3 is 18.9 Å². The highest BCUT2D eigenvalue weighted by atomic mass is 31.2. The lowest BCUT2D eigenvalue weighted by molar-refractivity contribution is -0.870. The maximum absolute atomic E-state index is 12.7. The number of esters is 1. The number of carbonyl (C=O) groups is 1. The largest absolute Gasteiger partial charge is 0.472 e. The Labute approximate surface area is 334 Å². The van der Waals surface area contributed by atoms with Crippen LogP contribution >= 0.6 is 7.82 Å². The van der Waals surface area contributed by atoms with Crippen LogP contribution in [0.3, 0.4) is 0 Å².